The van der Waals surface area contributed by atoms with E-state index < -0.39 is 0 Å². The van der Waals surface area contributed by atoms with E-state index in [1.807, 2.05) is 6.07 Å². The number of phenols is 1. The zero-order valence-corrected chi connectivity index (χ0v) is 7.03. The van der Waals surface area contributed by atoms with Crippen molar-refractivity contribution in [3.05, 3.63) is 29.5 Å². The summed E-state index contributed by atoms with van der Waals surface area (Å²) in [5, 5.41) is 18.8. The van der Waals surface area contributed by atoms with Crippen molar-refractivity contribution in [2.45, 2.75) is 6.92 Å². The van der Waals surface area contributed by atoms with Crippen LogP contribution >= 0.6 is 0 Å². The van der Waals surface area contributed by atoms with Crippen LogP contribution in [0.1, 0.15) is 11.3 Å². The maximum atomic E-state index is 9.49. The first-order valence-corrected chi connectivity index (χ1v) is 3.84. The van der Waals surface area contributed by atoms with Crippen molar-refractivity contribution in [2.75, 3.05) is 0 Å². The molecule has 3 nitrogen and oxygen atoms in total. The maximum Gasteiger partial charge on any atom is 0.139 e. The molecule has 0 saturated heterocycles. The molecule has 0 saturated carbocycles. The van der Waals surface area contributed by atoms with E-state index in [0.717, 1.165) is 5.76 Å². The molecule has 1 aromatic carbocycles. The minimum atomic E-state index is 0.0888. The number of aryl methyl sites for hydroxylation is 1. The molecule has 2 aromatic rings. The predicted molar refractivity (Wildman–Crippen MR) is 47.3 cm³/mol. The Bertz CT molecular complexity index is 505. The van der Waals surface area contributed by atoms with Gasteiger partial charge in [0.05, 0.1) is 17.0 Å². The van der Waals surface area contributed by atoms with Crippen molar-refractivity contribution < 1.29 is 9.52 Å². The van der Waals surface area contributed by atoms with Crippen LogP contribution in [0.4, 0.5) is 0 Å². The van der Waals surface area contributed by atoms with Crippen molar-refractivity contribution >= 4 is 11.0 Å². The number of hydrogen-bond donors (Lipinski definition) is 1. The minimum absolute atomic E-state index is 0.0888. The Morgan fingerprint density at radius 1 is 1.38 bits per heavy atom. The van der Waals surface area contributed by atoms with Gasteiger partial charge in [0, 0.05) is 0 Å². The SMILES string of the molecule is Cc1cc2c(O)cc(C#N)cc2o1. The summed E-state index contributed by atoms with van der Waals surface area (Å²) in [6.45, 7) is 1.80. The minimum Gasteiger partial charge on any atom is -0.507 e. The summed E-state index contributed by atoms with van der Waals surface area (Å²) >= 11 is 0. The third-order valence-electron chi connectivity index (χ3n) is 1.87. The van der Waals surface area contributed by atoms with Gasteiger partial charge in [0.25, 0.3) is 0 Å². The van der Waals surface area contributed by atoms with Gasteiger partial charge in [-0.25, -0.2) is 0 Å². The zero-order valence-electron chi connectivity index (χ0n) is 7.03. The monoisotopic (exact) mass is 173 g/mol. The summed E-state index contributed by atoms with van der Waals surface area (Å²) in [5.41, 5.74) is 0.952. The van der Waals surface area contributed by atoms with E-state index in [2.05, 4.69) is 0 Å². The molecule has 0 radical (unpaired) electrons. The van der Waals surface area contributed by atoms with Crippen LogP contribution in [0.5, 0.6) is 5.75 Å². The highest BCUT2D eigenvalue weighted by Gasteiger charge is 2.06. The topological polar surface area (TPSA) is 57.2 Å². The van der Waals surface area contributed by atoms with Crippen LogP contribution in [0.2, 0.25) is 0 Å². The van der Waals surface area contributed by atoms with Gasteiger partial charge < -0.3 is 9.52 Å². The number of phenolic OH excluding ortho intramolecular Hbond substituents is 1. The molecular weight excluding hydrogens is 166 g/mol. The summed E-state index contributed by atoms with van der Waals surface area (Å²) < 4.78 is 5.28. The number of fused-ring (bicyclic) bond motifs is 1. The van der Waals surface area contributed by atoms with E-state index in [0.29, 0.717) is 16.5 Å². The molecule has 3 heteroatoms. The molecule has 0 unspecified atom stereocenters. The standard InChI is InChI=1S/C10H7NO2/c1-6-2-8-9(12)3-7(5-11)4-10(8)13-6/h2-4,12H,1H3. The molecule has 0 aliphatic carbocycles. The number of nitrogens with zero attached hydrogens (tertiary/aromatic N) is 1. The predicted octanol–water partition coefficient (Wildman–Crippen LogP) is 2.32. The highest BCUT2D eigenvalue weighted by molar-refractivity contribution is 5.85. The van der Waals surface area contributed by atoms with Gasteiger partial charge >= 0.3 is 0 Å². The van der Waals surface area contributed by atoms with Gasteiger partial charge in [-0.1, -0.05) is 0 Å². The molecule has 2 rings (SSSR count). The van der Waals surface area contributed by atoms with Crippen LogP contribution in [-0.4, -0.2) is 5.11 Å². The Balaban J connectivity index is 2.85. The van der Waals surface area contributed by atoms with E-state index in [9.17, 15) is 5.11 Å². The van der Waals surface area contributed by atoms with E-state index in [4.69, 9.17) is 9.68 Å². The highest BCUT2D eigenvalue weighted by atomic mass is 16.3. The van der Waals surface area contributed by atoms with Crippen molar-refractivity contribution in [2.24, 2.45) is 0 Å². The number of benzene rings is 1. The number of nitriles is 1. The normalized spacial score (nSPS) is 10.2. The maximum absolute atomic E-state index is 9.49. The second-order valence-electron chi connectivity index (χ2n) is 2.88. The van der Waals surface area contributed by atoms with Crippen LogP contribution in [0.25, 0.3) is 11.0 Å². The van der Waals surface area contributed by atoms with E-state index in [-0.39, 0.29) is 5.75 Å². The number of furan rings is 1. The number of rotatable bonds is 0. The fraction of sp³-hybridized carbons (Fsp3) is 0.100. The van der Waals surface area contributed by atoms with Crippen molar-refractivity contribution in [3.63, 3.8) is 0 Å². The molecule has 0 aliphatic heterocycles. The van der Waals surface area contributed by atoms with Crippen molar-refractivity contribution in [3.8, 4) is 11.8 Å². The van der Waals surface area contributed by atoms with E-state index in [1.165, 1.54) is 6.07 Å². The third kappa shape index (κ3) is 1.13. The quantitative estimate of drug-likeness (QED) is 0.665. The highest BCUT2D eigenvalue weighted by Crippen LogP contribution is 2.28. The summed E-state index contributed by atoms with van der Waals surface area (Å²) in [4.78, 5) is 0. The lowest BCUT2D eigenvalue weighted by Gasteiger charge is -1.93. The average molecular weight is 173 g/mol. The number of aromatic hydroxyl groups is 1. The molecule has 13 heavy (non-hydrogen) atoms. The Kier molecular flexibility index (Phi) is 1.49. The first-order chi connectivity index (χ1) is 6.20. The van der Waals surface area contributed by atoms with Gasteiger partial charge in [0.15, 0.2) is 0 Å². The van der Waals surface area contributed by atoms with Crippen LogP contribution in [0.3, 0.4) is 0 Å². The lowest BCUT2D eigenvalue weighted by molar-refractivity contribution is 0.481. The van der Waals surface area contributed by atoms with Crippen LogP contribution in [-0.2, 0) is 0 Å². The molecule has 0 atom stereocenters. The molecule has 0 spiro atoms. The first kappa shape index (κ1) is 7.69. The van der Waals surface area contributed by atoms with Gasteiger partial charge in [-0.05, 0) is 25.1 Å². The number of hydrogen-bond acceptors (Lipinski definition) is 3. The second kappa shape index (κ2) is 2.53. The lowest BCUT2D eigenvalue weighted by atomic mass is 10.1. The van der Waals surface area contributed by atoms with Crippen LogP contribution in [0, 0.1) is 18.3 Å². The second-order valence-corrected chi connectivity index (χ2v) is 2.88. The average Bonchev–Trinajstić information content (AvgIpc) is 2.46. The lowest BCUT2D eigenvalue weighted by Crippen LogP contribution is -1.73. The third-order valence-corrected chi connectivity index (χ3v) is 1.87. The zero-order chi connectivity index (χ0) is 9.42. The molecule has 1 aromatic heterocycles. The molecule has 1 N–H and O–H groups in total. The van der Waals surface area contributed by atoms with Gasteiger partial charge in [-0.2, -0.15) is 5.26 Å². The molecule has 0 bridgehead atoms. The Morgan fingerprint density at radius 3 is 2.85 bits per heavy atom. The molecular formula is C10H7NO2. The Labute approximate surface area is 74.8 Å². The molecule has 64 valence electrons. The van der Waals surface area contributed by atoms with E-state index in [1.54, 1.807) is 19.1 Å². The van der Waals surface area contributed by atoms with Crippen molar-refractivity contribution in [1.29, 1.82) is 5.26 Å². The van der Waals surface area contributed by atoms with Gasteiger partial charge in [0.1, 0.15) is 17.1 Å². The van der Waals surface area contributed by atoms with Crippen molar-refractivity contribution in [1.82, 2.24) is 0 Å². The smallest absolute Gasteiger partial charge is 0.139 e. The summed E-state index contributed by atoms with van der Waals surface area (Å²) in [6, 6.07) is 6.73. The van der Waals surface area contributed by atoms with Gasteiger partial charge in [-0.15, -0.1) is 0 Å². The summed E-state index contributed by atoms with van der Waals surface area (Å²) in [7, 11) is 0. The summed E-state index contributed by atoms with van der Waals surface area (Å²) in [6.07, 6.45) is 0. The molecule has 0 amide bonds. The fourth-order valence-electron chi connectivity index (χ4n) is 1.31. The van der Waals surface area contributed by atoms with Gasteiger partial charge in [-0.3, -0.25) is 0 Å². The molecule has 1 heterocycles. The van der Waals surface area contributed by atoms with Crippen LogP contribution in [0.15, 0.2) is 22.6 Å². The van der Waals surface area contributed by atoms with E-state index >= 15 is 0 Å². The van der Waals surface area contributed by atoms with Gasteiger partial charge in [0.2, 0.25) is 0 Å². The largest absolute Gasteiger partial charge is 0.507 e. The van der Waals surface area contributed by atoms with Crippen LogP contribution < -0.4 is 0 Å². The first-order valence-electron chi connectivity index (χ1n) is 3.84. The fourth-order valence-corrected chi connectivity index (χ4v) is 1.31. The Morgan fingerprint density at radius 2 is 2.15 bits per heavy atom. The molecule has 0 aliphatic rings. The Hall–Kier alpha value is -1.95. The molecule has 0 fully saturated rings. The summed E-state index contributed by atoms with van der Waals surface area (Å²) in [5.74, 6) is 0.811.